The molecule has 0 spiro atoms. The molecule has 0 rings (SSSR count). The molecule has 0 saturated carbocycles. The van der Waals surface area contributed by atoms with E-state index < -0.39 is 0 Å². The minimum Gasteiger partial charge on any atom is -0.395 e. The lowest BCUT2D eigenvalue weighted by Gasteiger charge is -2.24. The molecule has 0 atom stereocenters. The topological polar surface area (TPSA) is 43.7 Å². The van der Waals surface area contributed by atoms with Gasteiger partial charge < -0.3 is 10.2 Å². The number of aliphatic hydroxyl groups excluding tert-OH is 2. The van der Waals surface area contributed by atoms with Crippen molar-refractivity contribution in [3.05, 3.63) is 0 Å². The van der Waals surface area contributed by atoms with E-state index in [1.54, 1.807) is 0 Å². The Kier molecular flexibility index (Phi) is 8.40. The lowest BCUT2D eigenvalue weighted by atomic mass is 10.0. The van der Waals surface area contributed by atoms with E-state index in [1.165, 1.54) is 12.8 Å². The third kappa shape index (κ3) is 6.02. The van der Waals surface area contributed by atoms with E-state index in [0.717, 1.165) is 6.54 Å². The monoisotopic (exact) mass is 189 g/mol. The minimum atomic E-state index is 0.181. The fraction of sp³-hybridized carbons (Fsp3) is 1.00. The van der Waals surface area contributed by atoms with Crippen molar-refractivity contribution >= 4 is 0 Å². The Labute approximate surface area is 81.4 Å². The quantitative estimate of drug-likeness (QED) is 0.591. The van der Waals surface area contributed by atoms with E-state index in [1.807, 2.05) is 0 Å². The molecule has 0 aliphatic heterocycles. The van der Waals surface area contributed by atoms with Gasteiger partial charge in [0.15, 0.2) is 0 Å². The van der Waals surface area contributed by atoms with Crippen molar-refractivity contribution < 1.29 is 10.2 Å². The van der Waals surface area contributed by atoms with Crippen molar-refractivity contribution in [2.75, 3.05) is 32.8 Å². The summed E-state index contributed by atoms with van der Waals surface area (Å²) in [6, 6.07) is 0. The average molecular weight is 189 g/mol. The third-order valence-electron chi connectivity index (χ3n) is 2.50. The lowest BCUT2D eigenvalue weighted by molar-refractivity contribution is 0.142. The van der Waals surface area contributed by atoms with Crippen LogP contribution in [0.2, 0.25) is 0 Å². The Hall–Kier alpha value is -0.120. The van der Waals surface area contributed by atoms with E-state index in [2.05, 4.69) is 18.7 Å². The largest absolute Gasteiger partial charge is 0.395 e. The second-order valence-electron chi connectivity index (χ2n) is 3.43. The molecule has 0 unspecified atom stereocenters. The van der Waals surface area contributed by atoms with Crippen LogP contribution in [-0.2, 0) is 0 Å². The van der Waals surface area contributed by atoms with Gasteiger partial charge in [-0.3, -0.25) is 4.90 Å². The highest BCUT2D eigenvalue weighted by atomic mass is 16.3. The second kappa shape index (κ2) is 8.48. The molecule has 0 radical (unpaired) electrons. The van der Waals surface area contributed by atoms with Gasteiger partial charge in [0.05, 0.1) is 13.2 Å². The maximum absolute atomic E-state index is 8.80. The summed E-state index contributed by atoms with van der Waals surface area (Å²) in [4.78, 5) is 2.12. The Morgan fingerprint density at radius 1 is 1.00 bits per heavy atom. The molecule has 80 valence electrons. The van der Waals surface area contributed by atoms with E-state index in [0.29, 0.717) is 19.0 Å². The van der Waals surface area contributed by atoms with Gasteiger partial charge in [0, 0.05) is 19.6 Å². The molecule has 0 bridgehead atoms. The Bertz CT molecular complexity index is 99.1. The van der Waals surface area contributed by atoms with Crippen LogP contribution >= 0.6 is 0 Å². The first-order chi connectivity index (χ1) is 6.28. The molecule has 0 aliphatic rings. The maximum Gasteiger partial charge on any atom is 0.0558 e. The summed E-state index contributed by atoms with van der Waals surface area (Å²) in [7, 11) is 0. The lowest BCUT2D eigenvalue weighted by Crippen LogP contribution is -2.34. The molecule has 0 amide bonds. The van der Waals surface area contributed by atoms with Gasteiger partial charge in [-0.05, 0) is 5.92 Å². The normalized spacial score (nSPS) is 11.5. The number of hydrogen-bond acceptors (Lipinski definition) is 3. The molecule has 3 heteroatoms. The van der Waals surface area contributed by atoms with E-state index in [4.69, 9.17) is 10.2 Å². The summed E-state index contributed by atoms with van der Waals surface area (Å²) in [6.07, 6.45) is 2.34. The summed E-state index contributed by atoms with van der Waals surface area (Å²) < 4.78 is 0. The van der Waals surface area contributed by atoms with Crippen LogP contribution in [0.25, 0.3) is 0 Å². The molecule has 0 aromatic heterocycles. The Morgan fingerprint density at radius 2 is 1.46 bits per heavy atom. The molecule has 13 heavy (non-hydrogen) atoms. The highest BCUT2D eigenvalue weighted by Crippen LogP contribution is 2.09. The molecule has 2 N–H and O–H groups in total. The van der Waals surface area contributed by atoms with E-state index in [-0.39, 0.29) is 13.2 Å². The zero-order valence-electron chi connectivity index (χ0n) is 8.87. The van der Waals surface area contributed by atoms with Crippen molar-refractivity contribution in [3.8, 4) is 0 Å². The van der Waals surface area contributed by atoms with E-state index >= 15 is 0 Å². The Balaban J connectivity index is 3.76. The van der Waals surface area contributed by atoms with Crippen LogP contribution in [0.3, 0.4) is 0 Å². The first kappa shape index (κ1) is 12.9. The smallest absolute Gasteiger partial charge is 0.0558 e. The fourth-order valence-electron chi connectivity index (χ4n) is 1.49. The number of aliphatic hydroxyl groups is 2. The van der Waals surface area contributed by atoms with Crippen LogP contribution in [0.1, 0.15) is 26.7 Å². The standard InChI is InChI=1S/C10H23NO2/c1-3-10(4-2)9-11(5-7-12)6-8-13/h10,12-13H,3-9H2,1-2H3. The molecule has 0 fully saturated rings. The summed E-state index contributed by atoms with van der Waals surface area (Å²) in [6.45, 7) is 7.08. The van der Waals surface area contributed by atoms with Gasteiger partial charge in [0.2, 0.25) is 0 Å². The number of hydrogen-bond donors (Lipinski definition) is 2. The van der Waals surface area contributed by atoms with E-state index in [9.17, 15) is 0 Å². The predicted octanol–water partition coefficient (Wildman–Crippen LogP) is 0.709. The van der Waals surface area contributed by atoms with Crippen molar-refractivity contribution in [1.82, 2.24) is 4.90 Å². The van der Waals surface area contributed by atoms with Crippen molar-refractivity contribution in [2.24, 2.45) is 5.92 Å². The zero-order chi connectivity index (χ0) is 10.1. The van der Waals surface area contributed by atoms with Gasteiger partial charge in [-0.1, -0.05) is 26.7 Å². The average Bonchev–Trinajstić information content (AvgIpc) is 2.14. The van der Waals surface area contributed by atoms with Gasteiger partial charge in [0.25, 0.3) is 0 Å². The number of rotatable bonds is 8. The third-order valence-corrected chi connectivity index (χ3v) is 2.50. The molecule has 0 aromatic rings. The minimum absolute atomic E-state index is 0.181. The molecule has 0 saturated heterocycles. The predicted molar refractivity (Wildman–Crippen MR) is 54.7 cm³/mol. The first-order valence-electron chi connectivity index (χ1n) is 5.22. The molecule has 0 heterocycles. The molecule has 0 aliphatic carbocycles. The maximum atomic E-state index is 8.80. The van der Waals surface area contributed by atoms with Gasteiger partial charge >= 0.3 is 0 Å². The molecule has 0 aromatic carbocycles. The number of nitrogens with zero attached hydrogens (tertiary/aromatic N) is 1. The molecular formula is C10H23NO2. The van der Waals surface area contributed by atoms with Crippen molar-refractivity contribution in [1.29, 1.82) is 0 Å². The van der Waals surface area contributed by atoms with Crippen LogP contribution in [-0.4, -0.2) is 48.0 Å². The SMILES string of the molecule is CCC(CC)CN(CCO)CCO. The highest BCUT2D eigenvalue weighted by Gasteiger charge is 2.09. The highest BCUT2D eigenvalue weighted by molar-refractivity contribution is 4.63. The summed E-state index contributed by atoms with van der Waals surface area (Å²) >= 11 is 0. The second-order valence-corrected chi connectivity index (χ2v) is 3.43. The Morgan fingerprint density at radius 3 is 1.77 bits per heavy atom. The first-order valence-corrected chi connectivity index (χ1v) is 5.22. The zero-order valence-corrected chi connectivity index (χ0v) is 8.87. The molecule has 3 nitrogen and oxygen atoms in total. The summed E-state index contributed by atoms with van der Waals surface area (Å²) in [5.41, 5.74) is 0. The van der Waals surface area contributed by atoms with Gasteiger partial charge in [-0.15, -0.1) is 0 Å². The van der Waals surface area contributed by atoms with Crippen LogP contribution in [0.15, 0.2) is 0 Å². The van der Waals surface area contributed by atoms with Crippen LogP contribution in [0, 0.1) is 5.92 Å². The fourth-order valence-corrected chi connectivity index (χ4v) is 1.49. The van der Waals surface area contributed by atoms with Crippen molar-refractivity contribution in [3.63, 3.8) is 0 Å². The summed E-state index contributed by atoms with van der Waals surface area (Å²) in [5.74, 6) is 0.693. The van der Waals surface area contributed by atoms with Crippen LogP contribution < -0.4 is 0 Å². The van der Waals surface area contributed by atoms with Gasteiger partial charge in [-0.25, -0.2) is 0 Å². The van der Waals surface area contributed by atoms with Crippen molar-refractivity contribution in [2.45, 2.75) is 26.7 Å². The van der Waals surface area contributed by atoms with Crippen LogP contribution in [0.4, 0.5) is 0 Å². The van der Waals surface area contributed by atoms with Crippen LogP contribution in [0.5, 0.6) is 0 Å². The summed E-state index contributed by atoms with van der Waals surface area (Å²) in [5, 5.41) is 17.6. The molecular weight excluding hydrogens is 166 g/mol. The van der Waals surface area contributed by atoms with Gasteiger partial charge in [0.1, 0.15) is 0 Å². The van der Waals surface area contributed by atoms with Gasteiger partial charge in [-0.2, -0.15) is 0 Å².